The van der Waals surface area contributed by atoms with Gasteiger partial charge in [-0.15, -0.1) is 0 Å². The lowest BCUT2D eigenvalue weighted by Crippen LogP contribution is -2.11. The number of pyridine rings is 1. The van der Waals surface area contributed by atoms with E-state index in [1.54, 1.807) is 6.20 Å². The lowest BCUT2D eigenvalue weighted by Gasteiger charge is -2.14. The van der Waals surface area contributed by atoms with Gasteiger partial charge in [0.15, 0.2) is 0 Å². The van der Waals surface area contributed by atoms with Crippen LogP contribution in [0.5, 0.6) is 0 Å². The monoisotopic (exact) mass is 388 g/mol. The molecule has 0 spiro atoms. The fourth-order valence-corrected chi connectivity index (χ4v) is 2.91. The number of rotatable bonds is 4. The summed E-state index contributed by atoms with van der Waals surface area (Å²) >= 11 is 12.4. The Kier molecular flexibility index (Phi) is 5.26. The number of halogens is 2. The minimum atomic E-state index is -0.0114. The summed E-state index contributed by atoms with van der Waals surface area (Å²) in [6, 6.07) is 9.30. The molecular formula is C20H22Cl2N4. The second kappa shape index (κ2) is 7.29. The molecule has 0 saturated heterocycles. The van der Waals surface area contributed by atoms with E-state index >= 15 is 0 Å². The number of hydrogen-bond donors (Lipinski definition) is 1. The van der Waals surface area contributed by atoms with E-state index in [1.165, 1.54) is 0 Å². The van der Waals surface area contributed by atoms with Gasteiger partial charge in [0.05, 0.1) is 10.7 Å². The van der Waals surface area contributed by atoms with Gasteiger partial charge in [0, 0.05) is 40.6 Å². The highest BCUT2D eigenvalue weighted by atomic mass is 35.5. The van der Waals surface area contributed by atoms with E-state index in [4.69, 9.17) is 28.2 Å². The van der Waals surface area contributed by atoms with Crippen LogP contribution in [0, 0.1) is 0 Å². The zero-order chi connectivity index (χ0) is 18.9. The van der Waals surface area contributed by atoms with Crippen LogP contribution in [0.1, 0.15) is 33.4 Å². The van der Waals surface area contributed by atoms with E-state index in [9.17, 15) is 0 Å². The molecule has 0 aliphatic rings. The molecule has 0 radical (unpaired) electrons. The Balaban J connectivity index is 1.92. The molecule has 0 amide bonds. The molecule has 0 bridgehead atoms. The summed E-state index contributed by atoms with van der Waals surface area (Å²) < 4.78 is 2.13. The maximum Gasteiger partial charge on any atom is 0.149 e. The van der Waals surface area contributed by atoms with Gasteiger partial charge in [0.25, 0.3) is 0 Å². The van der Waals surface area contributed by atoms with Crippen LogP contribution in [-0.4, -0.2) is 14.5 Å². The fraction of sp³-hybridized carbons (Fsp3) is 0.300. The number of aromatic nitrogens is 3. The third kappa shape index (κ3) is 4.02. The summed E-state index contributed by atoms with van der Waals surface area (Å²) in [6.45, 7) is 9.40. The standard InChI is InChI=1S/C20H22Cl2N4/c1-5-26-12-17(20(2,3)4)25-19(26)13-10-16(22)18(23-11-13)24-15-8-6-14(21)7-9-15/h6-12H,5H2,1-4H3,(H,23,24). The van der Waals surface area contributed by atoms with Gasteiger partial charge in [0.1, 0.15) is 11.6 Å². The van der Waals surface area contributed by atoms with Crippen molar-refractivity contribution in [3.63, 3.8) is 0 Å². The molecule has 0 unspecified atom stereocenters. The first-order chi connectivity index (χ1) is 12.3. The van der Waals surface area contributed by atoms with Gasteiger partial charge in [-0.25, -0.2) is 9.97 Å². The smallest absolute Gasteiger partial charge is 0.149 e. The normalized spacial score (nSPS) is 11.6. The number of nitrogens with zero attached hydrogens (tertiary/aromatic N) is 3. The highest BCUT2D eigenvalue weighted by Gasteiger charge is 2.20. The number of nitrogens with one attached hydrogen (secondary N) is 1. The third-order valence-electron chi connectivity index (χ3n) is 4.09. The van der Waals surface area contributed by atoms with Crippen molar-refractivity contribution in [2.45, 2.75) is 39.7 Å². The fourth-order valence-electron chi connectivity index (χ4n) is 2.57. The Labute approximate surface area is 164 Å². The quantitative estimate of drug-likeness (QED) is 0.568. The average molecular weight is 389 g/mol. The van der Waals surface area contributed by atoms with Gasteiger partial charge in [0.2, 0.25) is 0 Å². The predicted octanol–water partition coefficient (Wildman–Crippen LogP) is 6.31. The van der Waals surface area contributed by atoms with Crippen LogP contribution in [0.15, 0.2) is 42.7 Å². The number of benzene rings is 1. The molecule has 1 aromatic carbocycles. The van der Waals surface area contributed by atoms with E-state index in [-0.39, 0.29) is 5.41 Å². The summed E-state index contributed by atoms with van der Waals surface area (Å²) in [6.07, 6.45) is 3.90. The molecular weight excluding hydrogens is 367 g/mol. The molecule has 3 rings (SSSR count). The summed E-state index contributed by atoms with van der Waals surface area (Å²) in [4.78, 5) is 9.31. The van der Waals surface area contributed by atoms with Crippen molar-refractivity contribution in [2.24, 2.45) is 0 Å². The SMILES string of the molecule is CCn1cc(C(C)(C)C)nc1-c1cnc(Nc2ccc(Cl)cc2)c(Cl)c1. The maximum absolute atomic E-state index is 6.46. The van der Waals surface area contributed by atoms with Gasteiger partial charge >= 0.3 is 0 Å². The topological polar surface area (TPSA) is 42.7 Å². The largest absolute Gasteiger partial charge is 0.339 e. The molecule has 0 fully saturated rings. The van der Waals surface area contributed by atoms with Crippen molar-refractivity contribution in [1.29, 1.82) is 0 Å². The van der Waals surface area contributed by atoms with Crippen molar-refractivity contribution in [3.05, 3.63) is 58.5 Å². The van der Waals surface area contributed by atoms with Gasteiger partial charge in [-0.2, -0.15) is 0 Å². The van der Waals surface area contributed by atoms with Crippen molar-refractivity contribution in [1.82, 2.24) is 14.5 Å². The van der Waals surface area contributed by atoms with Gasteiger partial charge in [-0.3, -0.25) is 0 Å². The van der Waals surface area contributed by atoms with Crippen LogP contribution in [0.2, 0.25) is 10.0 Å². The first-order valence-electron chi connectivity index (χ1n) is 8.54. The van der Waals surface area contributed by atoms with Gasteiger partial charge < -0.3 is 9.88 Å². The molecule has 4 nitrogen and oxygen atoms in total. The van der Waals surface area contributed by atoms with Crippen molar-refractivity contribution < 1.29 is 0 Å². The summed E-state index contributed by atoms with van der Waals surface area (Å²) in [5, 5.41) is 4.44. The van der Waals surface area contributed by atoms with E-state index in [0.717, 1.165) is 29.3 Å². The molecule has 0 atom stereocenters. The van der Waals surface area contributed by atoms with Gasteiger partial charge in [-0.05, 0) is 37.3 Å². The van der Waals surface area contributed by atoms with Crippen molar-refractivity contribution >= 4 is 34.7 Å². The summed E-state index contributed by atoms with van der Waals surface area (Å²) in [5.74, 6) is 1.48. The number of anilines is 2. The molecule has 136 valence electrons. The van der Waals surface area contributed by atoms with Crippen LogP contribution in [0.25, 0.3) is 11.4 Å². The Bertz CT molecular complexity index is 909. The Morgan fingerprint density at radius 3 is 2.38 bits per heavy atom. The van der Waals surface area contributed by atoms with Crippen LogP contribution < -0.4 is 5.32 Å². The number of hydrogen-bond acceptors (Lipinski definition) is 3. The van der Waals surface area contributed by atoms with Crippen LogP contribution in [0.4, 0.5) is 11.5 Å². The molecule has 6 heteroatoms. The Hall–Kier alpha value is -2.04. The molecule has 0 aliphatic carbocycles. The summed E-state index contributed by atoms with van der Waals surface area (Å²) in [5.41, 5.74) is 2.81. The molecule has 1 N–H and O–H groups in total. The Morgan fingerprint density at radius 2 is 1.81 bits per heavy atom. The highest BCUT2D eigenvalue weighted by Crippen LogP contribution is 2.30. The summed E-state index contributed by atoms with van der Waals surface area (Å²) in [7, 11) is 0. The van der Waals surface area contributed by atoms with Crippen molar-refractivity contribution in [3.8, 4) is 11.4 Å². The zero-order valence-corrected chi connectivity index (χ0v) is 16.9. The van der Waals surface area contributed by atoms with Crippen LogP contribution in [-0.2, 0) is 12.0 Å². The molecule has 2 aromatic heterocycles. The highest BCUT2D eigenvalue weighted by molar-refractivity contribution is 6.33. The van der Waals surface area contributed by atoms with E-state index < -0.39 is 0 Å². The Morgan fingerprint density at radius 1 is 1.12 bits per heavy atom. The first kappa shape index (κ1) is 18.7. The minimum Gasteiger partial charge on any atom is -0.339 e. The van der Waals surface area contributed by atoms with Gasteiger partial charge in [-0.1, -0.05) is 44.0 Å². The maximum atomic E-state index is 6.46. The molecule has 3 aromatic rings. The van der Waals surface area contributed by atoms with E-state index in [1.807, 2.05) is 30.3 Å². The molecule has 0 saturated carbocycles. The number of imidazole rings is 1. The zero-order valence-electron chi connectivity index (χ0n) is 15.3. The third-order valence-corrected chi connectivity index (χ3v) is 4.63. The minimum absolute atomic E-state index is 0.0114. The predicted molar refractivity (Wildman–Crippen MR) is 110 cm³/mol. The lowest BCUT2D eigenvalue weighted by molar-refractivity contribution is 0.571. The number of aryl methyl sites for hydroxylation is 1. The van der Waals surface area contributed by atoms with Crippen molar-refractivity contribution in [2.75, 3.05) is 5.32 Å². The second-order valence-electron chi connectivity index (χ2n) is 7.17. The first-order valence-corrected chi connectivity index (χ1v) is 9.29. The second-order valence-corrected chi connectivity index (χ2v) is 8.02. The molecule has 2 heterocycles. The van der Waals surface area contributed by atoms with Crippen LogP contribution in [0.3, 0.4) is 0 Å². The lowest BCUT2D eigenvalue weighted by atomic mass is 9.93. The molecule has 26 heavy (non-hydrogen) atoms. The van der Waals surface area contributed by atoms with E-state index in [0.29, 0.717) is 15.9 Å². The average Bonchev–Trinajstić information content (AvgIpc) is 3.03. The van der Waals surface area contributed by atoms with E-state index in [2.05, 4.69) is 48.8 Å². The molecule has 0 aliphatic heterocycles. The van der Waals surface area contributed by atoms with Crippen LogP contribution >= 0.6 is 23.2 Å².